The minimum absolute atomic E-state index is 0.246. The van der Waals surface area contributed by atoms with Crippen molar-refractivity contribution in [3.63, 3.8) is 0 Å². The van der Waals surface area contributed by atoms with Crippen LogP contribution in [0.3, 0.4) is 0 Å². The molecule has 2 aliphatic carbocycles. The Labute approximate surface area is 219 Å². The van der Waals surface area contributed by atoms with Crippen LogP contribution in [0.4, 0.5) is 0 Å². The van der Waals surface area contributed by atoms with Gasteiger partial charge < -0.3 is 0 Å². The van der Waals surface area contributed by atoms with E-state index < -0.39 is 0 Å². The van der Waals surface area contributed by atoms with E-state index in [1.807, 2.05) is 0 Å². The Hall–Kier alpha value is -3.12. The standard InChI is InChI=1S/C36H42/c1-9-13-24(6)34-25(7)18-33-22-32(20-27-16-17-28(10-2)29(11-3)19-27)26(8)35(33)36(34)31-15-12-14-30(21-31)23(4)5/h12,14-21,35-36H,4,6,8-11,13,22H2,1-3,5,7H3/b32-20+. The van der Waals surface area contributed by atoms with Crippen LogP contribution in [0.5, 0.6) is 0 Å². The maximum absolute atomic E-state index is 4.71. The molecule has 0 radical (unpaired) electrons. The third-order valence-corrected chi connectivity index (χ3v) is 8.06. The molecule has 186 valence electrons. The van der Waals surface area contributed by atoms with Crippen LogP contribution in [0, 0.1) is 5.92 Å². The van der Waals surface area contributed by atoms with Crippen LogP contribution in [0.15, 0.2) is 102 Å². The molecule has 2 aromatic rings. The third-order valence-electron chi connectivity index (χ3n) is 8.06. The molecule has 0 saturated heterocycles. The van der Waals surface area contributed by atoms with Crippen LogP contribution in [0.2, 0.25) is 0 Å². The zero-order chi connectivity index (χ0) is 26.0. The molecule has 36 heavy (non-hydrogen) atoms. The van der Waals surface area contributed by atoms with Crippen LogP contribution in [-0.4, -0.2) is 0 Å². The molecule has 0 nitrogen and oxygen atoms in total. The first kappa shape index (κ1) is 26.0. The topological polar surface area (TPSA) is 0 Å². The quantitative estimate of drug-likeness (QED) is 0.357. The molecule has 0 aromatic heterocycles. The molecule has 4 rings (SSSR count). The fourth-order valence-electron chi connectivity index (χ4n) is 6.24. The largest absolute Gasteiger partial charge is 0.0955 e. The van der Waals surface area contributed by atoms with Gasteiger partial charge in [-0.3, -0.25) is 0 Å². The molecule has 2 aromatic carbocycles. The van der Waals surface area contributed by atoms with Crippen molar-refractivity contribution in [1.82, 2.24) is 0 Å². The summed E-state index contributed by atoms with van der Waals surface area (Å²) in [6.07, 6.45) is 10.1. The molecular weight excluding hydrogens is 432 g/mol. The SMILES string of the molecule is C=C(CCC)C1=C(C)C=C2C/C(=C\c3ccc(CC)c(CC)c3)C(=C)C2C1c1cccc(C(=C)C)c1. The van der Waals surface area contributed by atoms with Crippen molar-refractivity contribution in [2.75, 3.05) is 0 Å². The lowest BCUT2D eigenvalue weighted by atomic mass is 9.69. The summed E-state index contributed by atoms with van der Waals surface area (Å²) in [6.45, 7) is 24.6. The average Bonchev–Trinajstić information content (AvgIpc) is 3.17. The first-order valence-electron chi connectivity index (χ1n) is 13.7. The van der Waals surface area contributed by atoms with Crippen molar-refractivity contribution >= 4 is 11.6 Å². The number of hydrogen-bond acceptors (Lipinski definition) is 0. The second-order valence-corrected chi connectivity index (χ2v) is 10.6. The minimum atomic E-state index is 0.246. The van der Waals surface area contributed by atoms with E-state index in [0.29, 0.717) is 0 Å². The van der Waals surface area contributed by atoms with Gasteiger partial charge in [-0.05, 0) is 89.6 Å². The Balaban J connectivity index is 1.80. The highest BCUT2D eigenvalue weighted by atomic mass is 14.4. The number of rotatable bonds is 8. The third kappa shape index (κ3) is 4.92. The molecule has 0 amide bonds. The molecule has 0 heterocycles. The predicted molar refractivity (Wildman–Crippen MR) is 159 cm³/mol. The van der Waals surface area contributed by atoms with Gasteiger partial charge in [0.15, 0.2) is 0 Å². The number of benzene rings is 2. The van der Waals surface area contributed by atoms with Crippen molar-refractivity contribution < 1.29 is 0 Å². The van der Waals surface area contributed by atoms with Gasteiger partial charge in [-0.15, -0.1) is 0 Å². The van der Waals surface area contributed by atoms with E-state index in [9.17, 15) is 0 Å². The van der Waals surface area contributed by atoms with E-state index in [4.69, 9.17) is 6.58 Å². The van der Waals surface area contributed by atoms with E-state index in [1.165, 1.54) is 61.3 Å². The maximum atomic E-state index is 4.71. The molecule has 2 aliphatic rings. The van der Waals surface area contributed by atoms with Gasteiger partial charge in [-0.2, -0.15) is 0 Å². The van der Waals surface area contributed by atoms with Gasteiger partial charge >= 0.3 is 0 Å². The lowest BCUT2D eigenvalue weighted by Gasteiger charge is -2.35. The molecule has 2 unspecified atom stereocenters. The summed E-state index contributed by atoms with van der Waals surface area (Å²) in [5.41, 5.74) is 16.0. The zero-order valence-corrected chi connectivity index (χ0v) is 23.0. The van der Waals surface area contributed by atoms with Crippen molar-refractivity contribution in [1.29, 1.82) is 0 Å². The van der Waals surface area contributed by atoms with Crippen molar-refractivity contribution in [2.45, 2.75) is 72.6 Å². The van der Waals surface area contributed by atoms with Crippen LogP contribution in [0.25, 0.3) is 11.6 Å². The summed E-state index contributed by atoms with van der Waals surface area (Å²) in [6, 6.07) is 15.9. The Morgan fingerprint density at radius 3 is 2.39 bits per heavy atom. The van der Waals surface area contributed by atoms with E-state index in [-0.39, 0.29) is 11.8 Å². The highest BCUT2D eigenvalue weighted by Gasteiger charge is 2.40. The summed E-state index contributed by atoms with van der Waals surface area (Å²) >= 11 is 0. The average molecular weight is 475 g/mol. The summed E-state index contributed by atoms with van der Waals surface area (Å²) in [7, 11) is 0. The van der Waals surface area contributed by atoms with Crippen LogP contribution < -0.4 is 0 Å². The number of hydrogen-bond donors (Lipinski definition) is 0. The van der Waals surface area contributed by atoms with Crippen LogP contribution in [-0.2, 0) is 12.8 Å². The molecule has 0 N–H and O–H groups in total. The second kappa shape index (κ2) is 10.9. The Morgan fingerprint density at radius 2 is 1.72 bits per heavy atom. The van der Waals surface area contributed by atoms with E-state index >= 15 is 0 Å². The normalized spacial score (nSPS) is 20.5. The molecule has 0 bridgehead atoms. The summed E-state index contributed by atoms with van der Waals surface area (Å²) in [4.78, 5) is 0. The van der Waals surface area contributed by atoms with Gasteiger partial charge in [0.25, 0.3) is 0 Å². The first-order chi connectivity index (χ1) is 17.3. The van der Waals surface area contributed by atoms with E-state index in [0.717, 1.165) is 37.7 Å². The number of aryl methyl sites for hydroxylation is 2. The van der Waals surface area contributed by atoms with E-state index in [1.54, 1.807) is 0 Å². The lowest BCUT2D eigenvalue weighted by Crippen LogP contribution is -2.21. The molecular formula is C36H42. The fourth-order valence-corrected chi connectivity index (χ4v) is 6.24. The zero-order valence-electron chi connectivity index (χ0n) is 23.0. The lowest BCUT2D eigenvalue weighted by molar-refractivity contribution is 0.619. The molecule has 0 aliphatic heterocycles. The predicted octanol–water partition coefficient (Wildman–Crippen LogP) is 10.2. The van der Waals surface area contributed by atoms with Crippen LogP contribution in [0.1, 0.15) is 87.6 Å². The monoisotopic (exact) mass is 474 g/mol. The molecule has 0 spiro atoms. The van der Waals surface area contributed by atoms with Crippen molar-refractivity contribution in [3.8, 4) is 0 Å². The van der Waals surface area contributed by atoms with Gasteiger partial charge in [0.2, 0.25) is 0 Å². The van der Waals surface area contributed by atoms with Gasteiger partial charge in [0.1, 0.15) is 0 Å². The first-order valence-corrected chi connectivity index (χ1v) is 13.7. The van der Waals surface area contributed by atoms with E-state index in [2.05, 4.69) is 102 Å². The van der Waals surface area contributed by atoms with Gasteiger partial charge in [0.05, 0.1) is 0 Å². The summed E-state index contributed by atoms with van der Waals surface area (Å²) in [5.74, 6) is 0.528. The summed E-state index contributed by atoms with van der Waals surface area (Å²) < 4.78 is 0. The maximum Gasteiger partial charge on any atom is 0.0201 e. The second-order valence-electron chi connectivity index (χ2n) is 10.6. The highest BCUT2D eigenvalue weighted by Crippen LogP contribution is 2.55. The molecule has 1 saturated carbocycles. The Morgan fingerprint density at radius 1 is 0.972 bits per heavy atom. The molecule has 2 atom stereocenters. The van der Waals surface area contributed by atoms with Crippen LogP contribution >= 0.6 is 0 Å². The molecule has 1 fully saturated rings. The number of fused-ring (bicyclic) bond motifs is 1. The Bertz CT molecular complexity index is 1300. The van der Waals surface area contributed by atoms with Crippen molar-refractivity contribution in [3.05, 3.63) is 130 Å². The van der Waals surface area contributed by atoms with Crippen molar-refractivity contribution in [2.24, 2.45) is 5.92 Å². The van der Waals surface area contributed by atoms with Gasteiger partial charge in [-0.1, -0.05) is 118 Å². The Kier molecular flexibility index (Phi) is 7.84. The van der Waals surface area contributed by atoms with Gasteiger partial charge in [-0.25, -0.2) is 0 Å². The highest BCUT2D eigenvalue weighted by molar-refractivity contribution is 5.69. The minimum Gasteiger partial charge on any atom is -0.0955 e. The molecule has 0 heteroatoms. The smallest absolute Gasteiger partial charge is 0.0201 e. The van der Waals surface area contributed by atoms with Gasteiger partial charge in [0, 0.05) is 11.8 Å². The number of allylic oxidation sites excluding steroid dienone is 8. The fraction of sp³-hybridized carbons (Fsp3) is 0.333. The summed E-state index contributed by atoms with van der Waals surface area (Å²) in [5, 5.41) is 0.